The second kappa shape index (κ2) is 6.68. The predicted octanol–water partition coefficient (Wildman–Crippen LogP) is 2.08. The van der Waals surface area contributed by atoms with Crippen molar-refractivity contribution in [2.75, 3.05) is 5.32 Å². The Hall–Kier alpha value is -2.94. The first kappa shape index (κ1) is 15.4. The van der Waals surface area contributed by atoms with Gasteiger partial charge in [0, 0.05) is 18.3 Å². The van der Waals surface area contributed by atoms with Gasteiger partial charge in [0.1, 0.15) is 0 Å². The molecule has 0 radical (unpaired) electrons. The molecule has 0 aliphatic carbocycles. The highest BCUT2D eigenvalue weighted by Gasteiger charge is 2.14. The molecule has 0 aliphatic heterocycles. The van der Waals surface area contributed by atoms with E-state index in [1.54, 1.807) is 24.3 Å². The standard InChI is InChI=1S/C13H12N4O4S/c14-13(19)16-9-3-1-8(2-4-9)7-15-12(18)10-5-6-11(22-10)17(20)21/h1-6H,7H2,(H,15,18)(H3,14,16,19). The molecule has 0 saturated heterocycles. The molecule has 0 fully saturated rings. The number of carbonyl (C=O) groups excluding carboxylic acids is 2. The molecule has 2 rings (SSSR count). The van der Waals surface area contributed by atoms with Gasteiger partial charge in [0.2, 0.25) is 0 Å². The lowest BCUT2D eigenvalue weighted by atomic mass is 10.2. The van der Waals surface area contributed by atoms with Crippen molar-refractivity contribution in [2.24, 2.45) is 5.73 Å². The van der Waals surface area contributed by atoms with Crippen molar-refractivity contribution < 1.29 is 14.5 Å². The third-order valence-electron chi connectivity index (χ3n) is 2.67. The molecule has 0 bridgehead atoms. The number of rotatable bonds is 5. The van der Waals surface area contributed by atoms with E-state index in [0.717, 1.165) is 16.9 Å². The summed E-state index contributed by atoms with van der Waals surface area (Å²) in [6.07, 6.45) is 0. The number of urea groups is 1. The van der Waals surface area contributed by atoms with Crippen LogP contribution in [0.4, 0.5) is 15.5 Å². The van der Waals surface area contributed by atoms with Crippen LogP contribution in [0.1, 0.15) is 15.2 Å². The number of carbonyl (C=O) groups is 2. The zero-order valence-electron chi connectivity index (χ0n) is 11.2. The fourth-order valence-electron chi connectivity index (χ4n) is 1.67. The molecule has 0 atom stereocenters. The number of amides is 3. The summed E-state index contributed by atoms with van der Waals surface area (Å²) in [5, 5.41) is 15.6. The number of primary amides is 1. The summed E-state index contributed by atoms with van der Waals surface area (Å²) >= 11 is 0.821. The highest BCUT2D eigenvalue weighted by Crippen LogP contribution is 2.23. The summed E-state index contributed by atoms with van der Waals surface area (Å²) in [6, 6.07) is 8.82. The number of thiophene rings is 1. The van der Waals surface area contributed by atoms with Crippen molar-refractivity contribution in [3.05, 3.63) is 57.0 Å². The number of benzene rings is 1. The second-order valence-electron chi connectivity index (χ2n) is 4.26. The Morgan fingerprint density at radius 2 is 1.86 bits per heavy atom. The van der Waals surface area contributed by atoms with Crippen LogP contribution in [-0.4, -0.2) is 16.9 Å². The van der Waals surface area contributed by atoms with E-state index >= 15 is 0 Å². The van der Waals surface area contributed by atoms with Gasteiger partial charge in [0.05, 0.1) is 9.80 Å². The van der Waals surface area contributed by atoms with Gasteiger partial charge in [-0.25, -0.2) is 4.79 Å². The van der Waals surface area contributed by atoms with E-state index in [-0.39, 0.29) is 22.3 Å². The number of hydrogen-bond acceptors (Lipinski definition) is 5. The normalized spacial score (nSPS) is 10.0. The number of nitrogens with one attached hydrogen (secondary N) is 2. The van der Waals surface area contributed by atoms with Crippen molar-refractivity contribution in [1.29, 1.82) is 0 Å². The first-order chi connectivity index (χ1) is 10.5. The fourth-order valence-corrected chi connectivity index (χ4v) is 2.40. The van der Waals surface area contributed by atoms with Crippen LogP contribution in [0.3, 0.4) is 0 Å². The van der Waals surface area contributed by atoms with E-state index in [2.05, 4.69) is 10.6 Å². The molecule has 1 heterocycles. The average molecular weight is 320 g/mol. The van der Waals surface area contributed by atoms with Gasteiger partial charge in [-0.15, -0.1) is 0 Å². The first-order valence-electron chi connectivity index (χ1n) is 6.13. The van der Waals surface area contributed by atoms with Crippen molar-refractivity contribution in [1.82, 2.24) is 5.32 Å². The molecule has 3 amide bonds. The number of anilines is 1. The van der Waals surface area contributed by atoms with Gasteiger partial charge in [0.25, 0.3) is 5.91 Å². The van der Waals surface area contributed by atoms with Gasteiger partial charge in [-0.2, -0.15) is 0 Å². The minimum Gasteiger partial charge on any atom is -0.351 e. The zero-order valence-corrected chi connectivity index (χ0v) is 12.1. The molecule has 114 valence electrons. The Bertz CT molecular complexity index is 711. The lowest BCUT2D eigenvalue weighted by Crippen LogP contribution is -2.22. The van der Waals surface area contributed by atoms with Crippen molar-refractivity contribution in [2.45, 2.75) is 6.54 Å². The summed E-state index contributed by atoms with van der Waals surface area (Å²) in [5.74, 6) is -0.377. The van der Waals surface area contributed by atoms with Crippen LogP contribution >= 0.6 is 11.3 Å². The molecule has 4 N–H and O–H groups in total. The lowest BCUT2D eigenvalue weighted by molar-refractivity contribution is -0.380. The van der Waals surface area contributed by atoms with Crippen molar-refractivity contribution in [3.63, 3.8) is 0 Å². The van der Waals surface area contributed by atoms with Gasteiger partial charge < -0.3 is 16.4 Å². The van der Waals surface area contributed by atoms with Crippen LogP contribution in [0, 0.1) is 10.1 Å². The molecule has 0 saturated carbocycles. The summed E-state index contributed by atoms with van der Waals surface area (Å²) in [5.41, 5.74) is 6.36. The Morgan fingerprint density at radius 3 is 2.41 bits per heavy atom. The van der Waals surface area contributed by atoms with Crippen LogP contribution in [0.25, 0.3) is 0 Å². The van der Waals surface area contributed by atoms with E-state index in [1.807, 2.05) is 0 Å². The fraction of sp³-hybridized carbons (Fsp3) is 0.0769. The largest absolute Gasteiger partial charge is 0.351 e. The van der Waals surface area contributed by atoms with Gasteiger partial charge >= 0.3 is 11.0 Å². The van der Waals surface area contributed by atoms with Gasteiger partial charge in [0.15, 0.2) is 0 Å². The maximum absolute atomic E-state index is 11.9. The molecular formula is C13H12N4O4S. The maximum Gasteiger partial charge on any atom is 0.324 e. The van der Waals surface area contributed by atoms with E-state index in [4.69, 9.17) is 5.73 Å². The quantitative estimate of drug-likeness (QED) is 0.575. The van der Waals surface area contributed by atoms with Gasteiger partial charge in [-0.05, 0) is 23.8 Å². The molecule has 9 heteroatoms. The molecule has 1 aromatic heterocycles. The first-order valence-corrected chi connectivity index (χ1v) is 6.95. The van der Waals surface area contributed by atoms with Crippen molar-refractivity contribution >= 4 is 34.0 Å². The molecule has 2 aromatic rings. The number of hydrogen-bond donors (Lipinski definition) is 3. The van der Waals surface area contributed by atoms with Crippen LogP contribution in [-0.2, 0) is 6.54 Å². The van der Waals surface area contributed by atoms with Gasteiger partial charge in [-0.3, -0.25) is 14.9 Å². The number of nitrogens with zero attached hydrogens (tertiary/aromatic N) is 1. The molecule has 0 spiro atoms. The summed E-state index contributed by atoms with van der Waals surface area (Å²) in [4.78, 5) is 32.9. The van der Waals surface area contributed by atoms with Crippen LogP contribution in [0.2, 0.25) is 0 Å². The molecule has 0 unspecified atom stereocenters. The maximum atomic E-state index is 11.9. The minimum absolute atomic E-state index is 0.0768. The van der Waals surface area contributed by atoms with Crippen molar-refractivity contribution in [3.8, 4) is 0 Å². The number of nitro groups is 1. The third kappa shape index (κ3) is 4.03. The summed E-state index contributed by atoms with van der Waals surface area (Å²) in [7, 11) is 0. The van der Waals surface area contributed by atoms with Crippen LogP contribution in [0.15, 0.2) is 36.4 Å². The van der Waals surface area contributed by atoms with E-state index in [0.29, 0.717) is 5.69 Å². The highest BCUT2D eigenvalue weighted by atomic mass is 32.1. The Kier molecular flexibility index (Phi) is 4.69. The zero-order chi connectivity index (χ0) is 16.1. The van der Waals surface area contributed by atoms with E-state index in [9.17, 15) is 19.7 Å². The Morgan fingerprint density at radius 1 is 1.18 bits per heavy atom. The Balaban J connectivity index is 1.92. The molecule has 1 aromatic carbocycles. The smallest absolute Gasteiger partial charge is 0.324 e. The summed E-state index contributed by atoms with van der Waals surface area (Å²) < 4.78 is 0. The highest BCUT2D eigenvalue weighted by molar-refractivity contribution is 7.17. The Labute approximate surface area is 129 Å². The summed E-state index contributed by atoms with van der Waals surface area (Å²) in [6.45, 7) is 0.265. The monoisotopic (exact) mass is 320 g/mol. The molecule has 0 aliphatic rings. The second-order valence-corrected chi connectivity index (χ2v) is 5.33. The molecule has 8 nitrogen and oxygen atoms in total. The minimum atomic E-state index is -0.652. The lowest BCUT2D eigenvalue weighted by Gasteiger charge is -2.05. The third-order valence-corrected chi connectivity index (χ3v) is 3.71. The van der Waals surface area contributed by atoms with E-state index < -0.39 is 11.0 Å². The number of nitrogens with two attached hydrogens (primary N) is 1. The van der Waals surface area contributed by atoms with Gasteiger partial charge in [-0.1, -0.05) is 23.5 Å². The molecular weight excluding hydrogens is 308 g/mol. The average Bonchev–Trinajstić information content (AvgIpc) is 2.96. The van der Waals surface area contributed by atoms with Crippen LogP contribution in [0.5, 0.6) is 0 Å². The predicted molar refractivity (Wildman–Crippen MR) is 81.8 cm³/mol. The van der Waals surface area contributed by atoms with E-state index in [1.165, 1.54) is 12.1 Å². The van der Waals surface area contributed by atoms with Crippen LogP contribution < -0.4 is 16.4 Å². The molecule has 22 heavy (non-hydrogen) atoms. The SMILES string of the molecule is NC(=O)Nc1ccc(CNC(=O)c2ccc([N+](=O)[O-])s2)cc1. The topological polar surface area (TPSA) is 127 Å².